The van der Waals surface area contributed by atoms with E-state index in [-0.39, 0.29) is 30.1 Å². The minimum absolute atomic E-state index is 0. The molecule has 0 amide bonds. The molecule has 2 heterocycles. The van der Waals surface area contributed by atoms with Crippen molar-refractivity contribution in [3.63, 3.8) is 0 Å². The zero-order valence-electron chi connectivity index (χ0n) is 19.9. The maximum absolute atomic E-state index is 6.19. The van der Waals surface area contributed by atoms with Gasteiger partial charge in [0.2, 0.25) is 0 Å². The van der Waals surface area contributed by atoms with Gasteiger partial charge >= 0.3 is 0 Å². The average Bonchev–Trinajstić information content (AvgIpc) is 2.74. The highest BCUT2D eigenvalue weighted by atomic mass is 127. The highest BCUT2D eigenvalue weighted by Crippen LogP contribution is 2.34. The molecule has 1 aromatic carbocycles. The molecule has 2 unspecified atom stereocenters. The first-order valence-corrected chi connectivity index (χ1v) is 12.0. The third-order valence-electron chi connectivity index (χ3n) is 6.23. The van der Waals surface area contributed by atoms with Gasteiger partial charge in [-0.05, 0) is 51.0 Å². The number of ether oxygens (including phenoxy) is 1. The summed E-state index contributed by atoms with van der Waals surface area (Å²) in [6.07, 6.45) is 4.84. The summed E-state index contributed by atoms with van der Waals surface area (Å²) in [5.74, 6) is 2.14. The fourth-order valence-corrected chi connectivity index (χ4v) is 4.65. The first-order valence-electron chi connectivity index (χ1n) is 12.0. The third kappa shape index (κ3) is 8.54. The first kappa shape index (κ1) is 26.4. The van der Waals surface area contributed by atoms with Crippen LogP contribution in [-0.4, -0.2) is 56.2 Å². The van der Waals surface area contributed by atoms with Crippen molar-refractivity contribution in [2.75, 3.05) is 39.3 Å². The summed E-state index contributed by atoms with van der Waals surface area (Å²) in [5, 5.41) is 7.16. The van der Waals surface area contributed by atoms with E-state index in [1.807, 2.05) is 0 Å². The summed E-state index contributed by atoms with van der Waals surface area (Å²) in [7, 11) is 0. The maximum atomic E-state index is 6.19. The summed E-state index contributed by atoms with van der Waals surface area (Å²) >= 11 is 0. The molecule has 0 aromatic heterocycles. The molecule has 6 heteroatoms. The molecule has 2 atom stereocenters. The second kappa shape index (κ2) is 13.6. The van der Waals surface area contributed by atoms with Gasteiger partial charge in [-0.1, -0.05) is 43.7 Å². The molecular weight excluding hydrogens is 499 g/mol. The Morgan fingerprint density at radius 3 is 2.52 bits per heavy atom. The maximum Gasteiger partial charge on any atom is 0.191 e. The number of aliphatic imine (C=N–C) groups is 1. The molecule has 0 saturated carbocycles. The lowest BCUT2D eigenvalue weighted by atomic mass is 9.89. The van der Waals surface area contributed by atoms with Crippen LogP contribution >= 0.6 is 24.0 Å². The Balaban J connectivity index is 0.00000341. The van der Waals surface area contributed by atoms with E-state index in [4.69, 9.17) is 9.73 Å². The van der Waals surface area contributed by atoms with E-state index in [9.17, 15) is 0 Å². The van der Waals surface area contributed by atoms with Crippen molar-refractivity contribution in [3.05, 3.63) is 35.4 Å². The van der Waals surface area contributed by atoms with Crippen LogP contribution in [0.2, 0.25) is 0 Å². The van der Waals surface area contributed by atoms with Crippen molar-refractivity contribution in [1.29, 1.82) is 0 Å². The van der Waals surface area contributed by atoms with Gasteiger partial charge in [-0.2, -0.15) is 0 Å². The van der Waals surface area contributed by atoms with Crippen LogP contribution in [0.4, 0.5) is 0 Å². The van der Waals surface area contributed by atoms with Gasteiger partial charge in [-0.3, -0.25) is 4.99 Å². The molecule has 2 aliphatic rings. The molecular formula is C25H43IN4O. The predicted octanol–water partition coefficient (Wildman–Crippen LogP) is 4.76. The fraction of sp³-hybridized carbons (Fsp3) is 0.720. The number of nitrogens with zero attached hydrogens (tertiary/aromatic N) is 2. The number of rotatable bonds is 7. The number of aryl methyl sites for hydroxylation is 1. The number of nitrogens with one attached hydrogen (secondary N) is 2. The smallest absolute Gasteiger partial charge is 0.191 e. The highest BCUT2D eigenvalue weighted by Gasteiger charge is 2.27. The van der Waals surface area contributed by atoms with Crippen molar-refractivity contribution in [2.24, 2.45) is 16.8 Å². The summed E-state index contributed by atoms with van der Waals surface area (Å²) in [5.41, 5.74) is 2.58. The molecule has 2 saturated heterocycles. The van der Waals surface area contributed by atoms with Gasteiger partial charge in [-0.15, -0.1) is 24.0 Å². The fourth-order valence-electron chi connectivity index (χ4n) is 4.65. The molecule has 0 spiro atoms. The van der Waals surface area contributed by atoms with Gasteiger partial charge < -0.3 is 20.3 Å². The highest BCUT2D eigenvalue weighted by molar-refractivity contribution is 14.0. The number of guanidine groups is 1. The van der Waals surface area contributed by atoms with Crippen molar-refractivity contribution in [1.82, 2.24) is 15.5 Å². The lowest BCUT2D eigenvalue weighted by Crippen LogP contribution is -2.49. The number of hydrogen-bond acceptors (Lipinski definition) is 3. The molecule has 3 rings (SSSR count). The first-order chi connectivity index (χ1) is 14.5. The monoisotopic (exact) mass is 542 g/mol. The molecule has 2 aliphatic heterocycles. The molecule has 0 bridgehead atoms. The Kier molecular flexibility index (Phi) is 11.6. The van der Waals surface area contributed by atoms with Crippen LogP contribution in [0.5, 0.6) is 0 Å². The molecule has 176 valence electrons. The molecule has 0 aliphatic carbocycles. The Morgan fingerprint density at radius 1 is 1.16 bits per heavy atom. The van der Waals surface area contributed by atoms with E-state index < -0.39 is 0 Å². The molecule has 2 fully saturated rings. The van der Waals surface area contributed by atoms with Crippen molar-refractivity contribution in [3.8, 4) is 0 Å². The Morgan fingerprint density at radius 2 is 1.87 bits per heavy atom. The second-order valence-electron chi connectivity index (χ2n) is 9.44. The van der Waals surface area contributed by atoms with Crippen LogP contribution < -0.4 is 10.6 Å². The number of benzene rings is 1. The zero-order chi connectivity index (χ0) is 21.3. The van der Waals surface area contributed by atoms with Gasteiger partial charge in [0.1, 0.15) is 0 Å². The van der Waals surface area contributed by atoms with E-state index in [0.29, 0.717) is 12.0 Å². The second-order valence-corrected chi connectivity index (χ2v) is 9.44. The summed E-state index contributed by atoms with van der Waals surface area (Å²) in [4.78, 5) is 7.59. The summed E-state index contributed by atoms with van der Waals surface area (Å²) in [6, 6.07) is 9.32. The van der Waals surface area contributed by atoms with Crippen LogP contribution in [-0.2, 0) is 4.74 Å². The van der Waals surface area contributed by atoms with Crippen LogP contribution in [0.25, 0.3) is 0 Å². The minimum Gasteiger partial charge on any atom is -0.373 e. The quantitative estimate of drug-likeness (QED) is 0.297. The Labute approximate surface area is 206 Å². The van der Waals surface area contributed by atoms with E-state index >= 15 is 0 Å². The van der Waals surface area contributed by atoms with Gasteiger partial charge in [-0.25, -0.2) is 0 Å². The molecule has 2 N–H and O–H groups in total. The third-order valence-corrected chi connectivity index (χ3v) is 6.23. The van der Waals surface area contributed by atoms with Crippen LogP contribution in [0.15, 0.2) is 29.3 Å². The average molecular weight is 543 g/mol. The van der Waals surface area contributed by atoms with Gasteiger partial charge in [0.15, 0.2) is 5.96 Å². The normalized spacial score (nSPS) is 23.5. The van der Waals surface area contributed by atoms with Gasteiger partial charge in [0, 0.05) is 51.3 Å². The van der Waals surface area contributed by atoms with E-state index in [0.717, 1.165) is 38.0 Å². The predicted molar refractivity (Wildman–Crippen MR) is 141 cm³/mol. The number of likely N-dealkylation sites (tertiary alicyclic amines) is 1. The van der Waals surface area contributed by atoms with Crippen molar-refractivity contribution in [2.45, 2.75) is 65.5 Å². The summed E-state index contributed by atoms with van der Waals surface area (Å²) < 4.78 is 6.19. The van der Waals surface area contributed by atoms with Crippen molar-refractivity contribution >= 4 is 29.9 Å². The zero-order valence-corrected chi connectivity index (χ0v) is 22.2. The number of piperidine rings is 1. The van der Waals surface area contributed by atoms with Gasteiger partial charge in [0.05, 0.1) is 6.10 Å². The number of halogens is 1. The van der Waals surface area contributed by atoms with E-state index in [1.54, 1.807) is 0 Å². The van der Waals surface area contributed by atoms with E-state index in [2.05, 4.69) is 67.5 Å². The van der Waals surface area contributed by atoms with Gasteiger partial charge in [0.25, 0.3) is 0 Å². The molecule has 1 aromatic rings. The van der Waals surface area contributed by atoms with Crippen molar-refractivity contribution < 1.29 is 4.74 Å². The standard InChI is InChI=1S/C25H42N4O.HI/c1-5-26-25(28-23-12-14-29(15-13-23)18-19(2)3)27-17-22-7-6-16-30-24(22)21-10-8-20(4)9-11-21;/h8-11,19,22-24H,5-7,12-18H2,1-4H3,(H2,26,27,28);1H. The van der Waals surface area contributed by atoms with Crippen LogP contribution in [0.1, 0.15) is 63.7 Å². The molecule has 5 nitrogen and oxygen atoms in total. The topological polar surface area (TPSA) is 48.9 Å². The largest absolute Gasteiger partial charge is 0.373 e. The van der Waals surface area contributed by atoms with E-state index in [1.165, 1.54) is 50.0 Å². The Hall–Kier alpha value is -0.860. The lowest BCUT2D eigenvalue weighted by Gasteiger charge is -2.34. The SMILES string of the molecule is CCNC(=NCC1CCCOC1c1ccc(C)cc1)NC1CCN(CC(C)C)CC1.I. The lowest BCUT2D eigenvalue weighted by molar-refractivity contribution is -0.0250. The van der Waals surface area contributed by atoms with Crippen LogP contribution in [0.3, 0.4) is 0 Å². The minimum atomic E-state index is 0. The van der Waals surface area contributed by atoms with Crippen LogP contribution in [0, 0.1) is 18.8 Å². The molecule has 31 heavy (non-hydrogen) atoms. The number of hydrogen-bond donors (Lipinski definition) is 2. The Bertz CT molecular complexity index is 656. The summed E-state index contributed by atoms with van der Waals surface area (Å²) in [6.45, 7) is 15.0. The molecule has 0 radical (unpaired) electrons.